The molecule has 0 radical (unpaired) electrons. The lowest BCUT2D eigenvalue weighted by Crippen LogP contribution is -2.32. The minimum atomic E-state index is -0.475. The van der Waals surface area contributed by atoms with E-state index >= 15 is 0 Å². The molecule has 0 unspecified atom stereocenters. The normalized spacial score (nSPS) is 11.5. The van der Waals surface area contributed by atoms with Crippen LogP contribution in [0.15, 0.2) is 30.3 Å². The summed E-state index contributed by atoms with van der Waals surface area (Å²) in [4.78, 5) is 11.3. The van der Waals surface area contributed by atoms with Crippen LogP contribution in [-0.4, -0.2) is 18.2 Å². The highest BCUT2D eigenvalue weighted by Gasteiger charge is 2.14. The molecule has 98 valence electrons. The Morgan fingerprint density at radius 3 is 2.67 bits per heavy atom. The molecule has 4 heteroatoms. The number of benzene rings is 1. The molecule has 0 fully saturated rings. The van der Waals surface area contributed by atoms with Crippen molar-refractivity contribution in [2.45, 2.75) is 26.4 Å². The van der Waals surface area contributed by atoms with E-state index in [2.05, 4.69) is 5.32 Å². The van der Waals surface area contributed by atoms with Gasteiger partial charge in [0, 0.05) is 12.2 Å². The van der Waals surface area contributed by atoms with E-state index in [1.165, 1.54) is 0 Å². The third kappa shape index (κ3) is 5.39. The number of nitrogens with one attached hydrogen (secondary N) is 1. The molecule has 0 aliphatic rings. The topological polar surface area (TPSA) is 64.3 Å². The molecule has 0 aliphatic heterocycles. The Balaban J connectivity index is 2.38. The average Bonchev–Trinajstić information content (AvgIpc) is 2.24. The Kier molecular flexibility index (Phi) is 4.77. The predicted octanol–water partition coefficient (Wildman–Crippen LogP) is 2.81. The molecule has 1 aromatic carbocycles. The molecule has 0 bridgehead atoms. The summed E-state index contributed by atoms with van der Waals surface area (Å²) in [6, 6.07) is 7.54. The van der Waals surface area contributed by atoms with Gasteiger partial charge in [-0.3, -0.25) is 0 Å². The van der Waals surface area contributed by atoms with Crippen LogP contribution in [-0.2, 0) is 4.74 Å². The highest BCUT2D eigenvalue weighted by Crippen LogP contribution is 2.11. The van der Waals surface area contributed by atoms with Gasteiger partial charge in [-0.25, -0.2) is 4.79 Å². The zero-order chi connectivity index (χ0) is 13.6. The number of carbonyl (C=O) groups is 1. The summed E-state index contributed by atoms with van der Waals surface area (Å²) in [6.45, 7) is 5.89. The summed E-state index contributed by atoms with van der Waals surface area (Å²) in [5, 5.41) is 2.64. The molecule has 0 aliphatic carbocycles. The number of alkyl carbamates (subject to hydrolysis) is 1. The number of nitrogens with two attached hydrogens (primary N) is 1. The number of hydrogen-bond acceptors (Lipinski definition) is 3. The van der Waals surface area contributed by atoms with Gasteiger partial charge in [-0.05, 0) is 32.4 Å². The number of hydrogen-bond donors (Lipinski definition) is 2. The van der Waals surface area contributed by atoms with E-state index in [-0.39, 0.29) is 0 Å². The zero-order valence-electron chi connectivity index (χ0n) is 11.1. The first-order chi connectivity index (χ1) is 8.38. The minimum absolute atomic E-state index is 0.406. The Hall–Kier alpha value is -1.97. The zero-order valence-corrected chi connectivity index (χ0v) is 11.1. The molecule has 3 N–H and O–H groups in total. The standard InChI is InChI=1S/C14H20N2O2/c1-14(2,3)18-13(17)16-10-6-8-11-7-4-5-9-12(11)15/h4-9H,10,15H2,1-3H3,(H,16,17). The van der Waals surface area contributed by atoms with Crippen molar-refractivity contribution in [3.63, 3.8) is 0 Å². The van der Waals surface area contributed by atoms with E-state index in [1.54, 1.807) is 0 Å². The smallest absolute Gasteiger partial charge is 0.407 e. The summed E-state index contributed by atoms with van der Waals surface area (Å²) in [7, 11) is 0. The monoisotopic (exact) mass is 248 g/mol. The largest absolute Gasteiger partial charge is 0.444 e. The number of anilines is 1. The quantitative estimate of drug-likeness (QED) is 0.808. The molecule has 1 rings (SSSR count). The summed E-state index contributed by atoms with van der Waals surface area (Å²) in [5.41, 5.74) is 6.96. The van der Waals surface area contributed by atoms with Crippen LogP contribution in [0.3, 0.4) is 0 Å². The molecular weight excluding hydrogens is 228 g/mol. The summed E-state index contributed by atoms with van der Waals surface area (Å²) in [5.74, 6) is 0. The van der Waals surface area contributed by atoms with Crippen LogP contribution in [0, 0.1) is 0 Å². The molecule has 0 spiro atoms. The van der Waals surface area contributed by atoms with Crippen LogP contribution in [0.4, 0.5) is 10.5 Å². The number of carbonyl (C=O) groups excluding carboxylic acids is 1. The van der Waals surface area contributed by atoms with Crippen LogP contribution in [0.2, 0.25) is 0 Å². The predicted molar refractivity (Wildman–Crippen MR) is 74.1 cm³/mol. The van der Waals surface area contributed by atoms with Crippen molar-refractivity contribution in [1.29, 1.82) is 0 Å². The lowest BCUT2D eigenvalue weighted by Gasteiger charge is -2.19. The fourth-order valence-corrected chi connectivity index (χ4v) is 1.31. The highest BCUT2D eigenvalue weighted by molar-refractivity contribution is 5.68. The Morgan fingerprint density at radius 2 is 2.06 bits per heavy atom. The third-order valence-corrected chi connectivity index (χ3v) is 2.06. The molecular formula is C14H20N2O2. The number of rotatable bonds is 3. The molecule has 0 heterocycles. The second kappa shape index (κ2) is 6.10. The number of para-hydroxylation sites is 1. The Bertz CT molecular complexity index is 434. The van der Waals surface area contributed by atoms with E-state index in [4.69, 9.17) is 10.5 Å². The van der Waals surface area contributed by atoms with Crippen LogP contribution in [0.25, 0.3) is 6.08 Å². The maximum absolute atomic E-state index is 11.3. The lowest BCUT2D eigenvalue weighted by atomic mass is 10.2. The minimum Gasteiger partial charge on any atom is -0.444 e. The van der Waals surface area contributed by atoms with Gasteiger partial charge in [0.15, 0.2) is 0 Å². The number of ether oxygens (including phenoxy) is 1. The van der Waals surface area contributed by atoms with Crippen LogP contribution >= 0.6 is 0 Å². The lowest BCUT2D eigenvalue weighted by molar-refractivity contribution is 0.0534. The summed E-state index contributed by atoms with van der Waals surface area (Å²) in [6.07, 6.45) is 3.27. The van der Waals surface area contributed by atoms with E-state index in [1.807, 2.05) is 57.2 Å². The molecule has 18 heavy (non-hydrogen) atoms. The average molecular weight is 248 g/mol. The van der Waals surface area contributed by atoms with E-state index < -0.39 is 11.7 Å². The first kappa shape index (κ1) is 14.1. The van der Waals surface area contributed by atoms with E-state index in [0.29, 0.717) is 12.2 Å². The van der Waals surface area contributed by atoms with E-state index in [9.17, 15) is 4.79 Å². The van der Waals surface area contributed by atoms with Crippen molar-refractivity contribution in [1.82, 2.24) is 5.32 Å². The molecule has 4 nitrogen and oxygen atoms in total. The fraction of sp³-hybridized carbons (Fsp3) is 0.357. The first-order valence-corrected chi connectivity index (χ1v) is 5.86. The van der Waals surface area contributed by atoms with Crippen LogP contribution in [0.5, 0.6) is 0 Å². The molecule has 0 saturated carbocycles. The van der Waals surface area contributed by atoms with Gasteiger partial charge in [0.2, 0.25) is 0 Å². The number of nitrogen functional groups attached to an aromatic ring is 1. The van der Waals surface area contributed by atoms with Gasteiger partial charge >= 0.3 is 6.09 Å². The second-order valence-electron chi connectivity index (χ2n) is 4.91. The molecule has 0 atom stereocenters. The fourth-order valence-electron chi connectivity index (χ4n) is 1.31. The molecule has 1 aromatic rings. The van der Waals surface area contributed by atoms with Crippen molar-refractivity contribution >= 4 is 17.9 Å². The van der Waals surface area contributed by atoms with Crippen molar-refractivity contribution in [3.05, 3.63) is 35.9 Å². The van der Waals surface area contributed by atoms with Gasteiger partial charge in [-0.1, -0.05) is 30.4 Å². The first-order valence-electron chi connectivity index (χ1n) is 5.86. The second-order valence-corrected chi connectivity index (χ2v) is 4.91. The maximum atomic E-state index is 11.3. The highest BCUT2D eigenvalue weighted by atomic mass is 16.6. The third-order valence-electron chi connectivity index (χ3n) is 2.06. The van der Waals surface area contributed by atoms with Gasteiger partial charge in [0.25, 0.3) is 0 Å². The van der Waals surface area contributed by atoms with Gasteiger partial charge in [-0.15, -0.1) is 0 Å². The van der Waals surface area contributed by atoms with Crippen molar-refractivity contribution in [2.75, 3.05) is 12.3 Å². The van der Waals surface area contributed by atoms with Crippen LogP contribution < -0.4 is 11.1 Å². The molecule has 0 saturated heterocycles. The van der Waals surface area contributed by atoms with Gasteiger partial charge in [0.05, 0.1) is 0 Å². The van der Waals surface area contributed by atoms with Crippen molar-refractivity contribution in [3.8, 4) is 0 Å². The summed E-state index contributed by atoms with van der Waals surface area (Å²) >= 11 is 0. The van der Waals surface area contributed by atoms with Crippen LogP contribution in [0.1, 0.15) is 26.3 Å². The summed E-state index contributed by atoms with van der Waals surface area (Å²) < 4.78 is 5.11. The maximum Gasteiger partial charge on any atom is 0.407 e. The molecule has 1 amide bonds. The van der Waals surface area contributed by atoms with Crippen molar-refractivity contribution in [2.24, 2.45) is 0 Å². The number of amides is 1. The van der Waals surface area contributed by atoms with Crippen molar-refractivity contribution < 1.29 is 9.53 Å². The van der Waals surface area contributed by atoms with Gasteiger partial charge < -0.3 is 15.8 Å². The SMILES string of the molecule is CC(C)(C)OC(=O)NCC=Cc1ccccc1N. The Morgan fingerprint density at radius 1 is 1.39 bits per heavy atom. The molecule has 0 aromatic heterocycles. The van der Waals surface area contributed by atoms with Gasteiger partial charge in [-0.2, -0.15) is 0 Å². The van der Waals surface area contributed by atoms with E-state index in [0.717, 1.165) is 5.56 Å². The Labute approximate surface area is 108 Å². The van der Waals surface area contributed by atoms with Gasteiger partial charge in [0.1, 0.15) is 5.60 Å².